The van der Waals surface area contributed by atoms with Gasteiger partial charge in [-0.3, -0.25) is 0 Å². The molecule has 17 heavy (non-hydrogen) atoms. The van der Waals surface area contributed by atoms with E-state index in [-0.39, 0.29) is 6.17 Å². The minimum atomic E-state index is 0.0355. The standard InChI is InChI=1S/C14H24N2O/c1-3-5-10-16(14(15)7-4-2)12-8-6-9-13(17)11-12/h6,8-9,11,14,17H,3-5,7,10,15H2,1-2H3. The molecule has 96 valence electrons. The van der Waals surface area contributed by atoms with Crippen molar-refractivity contribution in [1.29, 1.82) is 0 Å². The maximum atomic E-state index is 9.53. The van der Waals surface area contributed by atoms with E-state index in [4.69, 9.17) is 5.73 Å². The molecule has 1 unspecified atom stereocenters. The van der Waals surface area contributed by atoms with Crippen LogP contribution in [0, 0.1) is 0 Å². The van der Waals surface area contributed by atoms with Gasteiger partial charge in [0.15, 0.2) is 0 Å². The number of aromatic hydroxyl groups is 1. The lowest BCUT2D eigenvalue weighted by Gasteiger charge is -2.31. The van der Waals surface area contributed by atoms with Crippen LogP contribution in [-0.4, -0.2) is 17.8 Å². The summed E-state index contributed by atoms with van der Waals surface area (Å²) < 4.78 is 0. The predicted molar refractivity (Wildman–Crippen MR) is 73.2 cm³/mol. The highest BCUT2D eigenvalue weighted by Gasteiger charge is 2.13. The Labute approximate surface area is 104 Å². The molecule has 0 aliphatic heterocycles. The molecular weight excluding hydrogens is 212 g/mol. The van der Waals surface area contributed by atoms with Gasteiger partial charge in [0, 0.05) is 18.3 Å². The molecular formula is C14H24N2O. The van der Waals surface area contributed by atoms with Crippen LogP contribution in [0.5, 0.6) is 5.75 Å². The number of nitrogens with two attached hydrogens (primary N) is 1. The van der Waals surface area contributed by atoms with Gasteiger partial charge in [-0.2, -0.15) is 0 Å². The lowest BCUT2D eigenvalue weighted by Crippen LogP contribution is -2.42. The van der Waals surface area contributed by atoms with Crippen molar-refractivity contribution in [2.24, 2.45) is 5.73 Å². The molecule has 1 rings (SSSR count). The summed E-state index contributed by atoms with van der Waals surface area (Å²) in [6.45, 7) is 5.26. The smallest absolute Gasteiger partial charge is 0.117 e. The van der Waals surface area contributed by atoms with Gasteiger partial charge in [-0.15, -0.1) is 0 Å². The van der Waals surface area contributed by atoms with Gasteiger partial charge in [-0.05, 0) is 25.0 Å². The largest absolute Gasteiger partial charge is 0.508 e. The van der Waals surface area contributed by atoms with Gasteiger partial charge in [0.2, 0.25) is 0 Å². The zero-order valence-electron chi connectivity index (χ0n) is 10.9. The summed E-state index contributed by atoms with van der Waals surface area (Å²) in [5.41, 5.74) is 7.21. The van der Waals surface area contributed by atoms with Crippen molar-refractivity contribution >= 4 is 5.69 Å². The highest BCUT2D eigenvalue weighted by molar-refractivity contribution is 5.51. The van der Waals surface area contributed by atoms with Crippen molar-refractivity contribution < 1.29 is 5.11 Å². The summed E-state index contributed by atoms with van der Waals surface area (Å²) in [6.07, 6.45) is 4.34. The van der Waals surface area contributed by atoms with Crippen LogP contribution in [0.25, 0.3) is 0 Å². The van der Waals surface area contributed by atoms with Gasteiger partial charge in [0.1, 0.15) is 5.75 Å². The van der Waals surface area contributed by atoms with Crippen molar-refractivity contribution in [2.45, 2.75) is 45.7 Å². The third-order valence-corrected chi connectivity index (χ3v) is 2.90. The van der Waals surface area contributed by atoms with Crippen LogP contribution in [0.4, 0.5) is 5.69 Å². The Balaban J connectivity index is 2.81. The van der Waals surface area contributed by atoms with Gasteiger partial charge in [0.05, 0.1) is 6.17 Å². The van der Waals surface area contributed by atoms with Gasteiger partial charge in [-0.1, -0.05) is 32.8 Å². The minimum Gasteiger partial charge on any atom is -0.508 e. The Bertz CT molecular complexity index is 328. The van der Waals surface area contributed by atoms with E-state index >= 15 is 0 Å². The average molecular weight is 236 g/mol. The SMILES string of the molecule is CCCCN(c1cccc(O)c1)C(N)CCC. The zero-order valence-corrected chi connectivity index (χ0v) is 10.9. The second-order valence-corrected chi connectivity index (χ2v) is 4.42. The van der Waals surface area contributed by atoms with Crippen LogP contribution in [0.2, 0.25) is 0 Å². The topological polar surface area (TPSA) is 49.5 Å². The first-order valence-corrected chi connectivity index (χ1v) is 6.50. The molecule has 0 heterocycles. The molecule has 0 radical (unpaired) electrons. The molecule has 0 bridgehead atoms. The predicted octanol–water partition coefficient (Wildman–Crippen LogP) is 3.08. The molecule has 3 nitrogen and oxygen atoms in total. The Hall–Kier alpha value is -1.22. The number of benzene rings is 1. The van der Waals surface area contributed by atoms with Crippen molar-refractivity contribution in [2.75, 3.05) is 11.4 Å². The third-order valence-electron chi connectivity index (χ3n) is 2.90. The van der Waals surface area contributed by atoms with Crippen LogP contribution >= 0.6 is 0 Å². The number of hydrogen-bond donors (Lipinski definition) is 2. The minimum absolute atomic E-state index is 0.0355. The highest BCUT2D eigenvalue weighted by atomic mass is 16.3. The zero-order chi connectivity index (χ0) is 12.7. The molecule has 0 aliphatic carbocycles. The third kappa shape index (κ3) is 4.27. The van der Waals surface area contributed by atoms with Gasteiger partial charge in [0.25, 0.3) is 0 Å². The summed E-state index contributed by atoms with van der Waals surface area (Å²) in [7, 11) is 0. The van der Waals surface area contributed by atoms with E-state index in [1.807, 2.05) is 12.1 Å². The molecule has 0 aliphatic rings. The highest BCUT2D eigenvalue weighted by Crippen LogP contribution is 2.22. The Morgan fingerprint density at radius 1 is 1.29 bits per heavy atom. The number of rotatable bonds is 7. The fourth-order valence-electron chi connectivity index (χ4n) is 1.94. The van der Waals surface area contributed by atoms with E-state index < -0.39 is 0 Å². The van der Waals surface area contributed by atoms with Crippen molar-refractivity contribution in [3.8, 4) is 5.75 Å². The number of nitrogens with zero attached hydrogens (tertiary/aromatic N) is 1. The first-order valence-electron chi connectivity index (χ1n) is 6.50. The van der Waals surface area contributed by atoms with Gasteiger partial charge < -0.3 is 15.7 Å². The quantitative estimate of drug-likeness (QED) is 0.715. The lowest BCUT2D eigenvalue weighted by molar-refractivity contribution is 0.474. The molecule has 1 aromatic rings. The number of unbranched alkanes of at least 4 members (excludes halogenated alkanes) is 1. The molecule has 0 aromatic heterocycles. The monoisotopic (exact) mass is 236 g/mol. The first-order chi connectivity index (χ1) is 8.19. The summed E-state index contributed by atoms with van der Waals surface area (Å²) in [5.74, 6) is 0.299. The van der Waals surface area contributed by atoms with Gasteiger partial charge >= 0.3 is 0 Å². The molecule has 1 aromatic carbocycles. The van der Waals surface area contributed by atoms with E-state index in [0.717, 1.165) is 37.9 Å². The fraction of sp³-hybridized carbons (Fsp3) is 0.571. The lowest BCUT2D eigenvalue weighted by atomic mass is 10.2. The maximum Gasteiger partial charge on any atom is 0.117 e. The van der Waals surface area contributed by atoms with E-state index in [1.54, 1.807) is 12.1 Å². The van der Waals surface area contributed by atoms with E-state index in [1.165, 1.54) is 0 Å². The molecule has 0 saturated heterocycles. The molecule has 3 N–H and O–H groups in total. The second kappa shape index (κ2) is 7.17. The maximum absolute atomic E-state index is 9.53. The second-order valence-electron chi connectivity index (χ2n) is 4.42. The summed E-state index contributed by atoms with van der Waals surface area (Å²) >= 11 is 0. The molecule has 0 fully saturated rings. The molecule has 0 spiro atoms. The van der Waals surface area contributed by atoms with Crippen molar-refractivity contribution in [3.05, 3.63) is 24.3 Å². The van der Waals surface area contributed by atoms with Crippen LogP contribution in [0.1, 0.15) is 39.5 Å². The number of phenolic OH excluding ortho intramolecular Hbond substituents is 1. The van der Waals surface area contributed by atoms with Crippen LogP contribution in [-0.2, 0) is 0 Å². The van der Waals surface area contributed by atoms with Crippen molar-refractivity contribution in [3.63, 3.8) is 0 Å². The Kier molecular flexibility index (Phi) is 5.84. The fourth-order valence-corrected chi connectivity index (χ4v) is 1.94. The molecule has 0 saturated carbocycles. The van der Waals surface area contributed by atoms with Gasteiger partial charge in [-0.25, -0.2) is 0 Å². The van der Waals surface area contributed by atoms with E-state index in [2.05, 4.69) is 18.7 Å². The number of anilines is 1. The Morgan fingerprint density at radius 2 is 2.06 bits per heavy atom. The van der Waals surface area contributed by atoms with Crippen molar-refractivity contribution in [1.82, 2.24) is 0 Å². The molecule has 0 amide bonds. The molecule has 1 atom stereocenters. The summed E-state index contributed by atoms with van der Waals surface area (Å²) in [5, 5.41) is 9.53. The van der Waals surface area contributed by atoms with E-state index in [0.29, 0.717) is 5.75 Å². The average Bonchev–Trinajstić information content (AvgIpc) is 2.30. The van der Waals surface area contributed by atoms with Crippen LogP contribution in [0.15, 0.2) is 24.3 Å². The number of hydrogen-bond acceptors (Lipinski definition) is 3. The summed E-state index contributed by atoms with van der Waals surface area (Å²) in [6, 6.07) is 7.34. The first kappa shape index (κ1) is 13.8. The van der Waals surface area contributed by atoms with E-state index in [9.17, 15) is 5.11 Å². The summed E-state index contributed by atoms with van der Waals surface area (Å²) in [4.78, 5) is 2.19. The molecule has 3 heteroatoms. The normalized spacial score (nSPS) is 12.4. The number of phenols is 1. The van der Waals surface area contributed by atoms with Crippen LogP contribution < -0.4 is 10.6 Å². The van der Waals surface area contributed by atoms with Crippen LogP contribution in [0.3, 0.4) is 0 Å². The Morgan fingerprint density at radius 3 is 2.65 bits per heavy atom.